The third-order valence-corrected chi connectivity index (χ3v) is 13.0. The quantitative estimate of drug-likeness (QED) is 0.118. The molecular weight excluding hydrogens is 927 g/mol. The SMILES string of the molecule is Cc1cc(C)c(-n2c(-c3[c-]cc4oc5cc(-c6c(C)cccc6C)ccc5c4c3)nc3ccccc32)c(C)c1.[2H]C([2H])(c1cc(-c2[c-]cccc2)ncc1[Si](C)(C)C)C(C)C.[Ir]. The number of furan rings is 1. The van der Waals surface area contributed by atoms with Crippen LogP contribution in [0.5, 0.6) is 0 Å². The minimum absolute atomic E-state index is 0. The van der Waals surface area contributed by atoms with Crippen LogP contribution in [0.2, 0.25) is 19.6 Å². The number of fused-ring (bicyclic) bond motifs is 4. The van der Waals surface area contributed by atoms with Crippen LogP contribution in [0.4, 0.5) is 0 Å². The van der Waals surface area contributed by atoms with E-state index in [-0.39, 0.29) is 26.0 Å². The number of imidazole rings is 1. The van der Waals surface area contributed by atoms with E-state index in [0.717, 1.165) is 66.4 Å². The largest absolute Gasteiger partial charge is 0.500 e. The van der Waals surface area contributed by atoms with Gasteiger partial charge in [-0.15, -0.1) is 59.7 Å². The van der Waals surface area contributed by atoms with E-state index in [0.29, 0.717) is 0 Å². The van der Waals surface area contributed by atoms with Gasteiger partial charge in [0, 0.05) is 40.1 Å². The molecular formula is C54H53IrN3OSi-2. The topological polar surface area (TPSA) is 43.9 Å². The van der Waals surface area contributed by atoms with Gasteiger partial charge in [-0.3, -0.25) is 4.98 Å². The van der Waals surface area contributed by atoms with Gasteiger partial charge in [0.1, 0.15) is 5.58 Å². The Morgan fingerprint density at radius 2 is 1.45 bits per heavy atom. The van der Waals surface area contributed by atoms with Crippen LogP contribution in [0, 0.1) is 52.7 Å². The van der Waals surface area contributed by atoms with Crippen LogP contribution in [0.25, 0.3) is 72.4 Å². The van der Waals surface area contributed by atoms with Gasteiger partial charge in [-0.2, -0.15) is 0 Å². The molecule has 0 amide bonds. The van der Waals surface area contributed by atoms with E-state index in [9.17, 15) is 0 Å². The Hall–Kier alpha value is -5.39. The van der Waals surface area contributed by atoms with Crippen molar-refractivity contribution in [3.63, 3.8) is 0 Å². The predicted octanol–water partition coefficient (Wildman–Crippen LogP) is 13.9. The molecule has 305 valence electrons. The number of benzene rings is 6. The summed E-state index contributed by atoms with van der Waals surface area (Å²) in [5.41, 5.74) is 17.1. The summed E-state index contributed by atoms with van der Waals surface area (Å²) in [5, 5.41) is 3.27. The smallest absolute Gasteiger partial charge is 0.121 e. The van der Waals surface area contributed by atoms with Crippen molar-refractivity contribution in [1.29, 1.82) is 0 Å². The summed E-state index contributed by atoms with van der Waals surface area (Å²) in [6.07, 6.45) is 0.528. The maximum absolute atomic E-state index is 8.55. The molecule has 9 rings (SSSR count). The zero-order chi connectivity index (χ0) is 43.4. The maximum atomic E-state index is 8.55. The molecule has 6 heteroatoms. The van der Waals surface area contributed by atoms with Crippen LogP contribution in [-0.4, -0.2) is 22.6 Å². The van der Waals surface area contributed by atoms with E-state index < -0.39 is 14.4 Å². The first-order valence-corrected chi connectivity index (χ1v) is 24.0. The molecule has 0 saturated heterocycles. The Bertz CT molecular complexity index is 3040. The van der Waals surface area contributed by atoms with Crippen molar-refractivity contribution in [2.24, 2.45) is 5.92 Å². The molecule has 0 saturated carbocycles. The van der Waals surface area contributed by atoms with Crippen molar-refractivity contribution >= 4 is 46.2 Å². The molecule has 3 aromatic heterocycles. The number of aromatic nitrogens is 3. The van der Waals surface area contributed by atoms with Gasteiger partial charge < -0.3 is 14.0 Å². The van der Waals surface area contributed by atoms with Gasteiger partial charge in [0.25, 0.3) is 0 Å². The second-order valence-electron chi connectivity index (χ2n) is 17.2. The Balaban J connectivity index is 0.000000215. The minimum atomic E-state index is -1.67. The third kappa shape index (κ3) is 8.47. The number of hydrogen-bond donors (Lipinski definition) is 0. The fourth-order valence-corrected chi connectivity index (χ4v) is 9.82. The summed E-state index contributed by atoms with van der Waals surface area (Å²) in [6.45, 7) is 21.4. The Morgan fingerprint density at radius 1 is 0.733 bits per heavy atom. The summed E-state index contributed by atoms with van der Waals surface area (Å²) >= 11 is 0. The van der Waals surface area contributed by atoms with Crippen molar-refractivity contribution in [3.8, 4) is 39.5 Å². The van der Waals surface area contributed by atoms with Crippen molar-refractivity contribution in [3.05, 3.63) is 167 Å². The monoisotopic (exact) mass is 982 g/mol. The van der Waals surface area contributed by atoms with Gasteiger partial charge in [0.15, 0.2) is 0 Å². The van der Waals surface area contributed by atoms with Gasteiger partial charge in [-0.05, 0) is 109 Å². The molecule has 0 atom stereocenters. The number of nitrogens with zero attached hydrogens (tertiary/aromatic N) is 3. The summed E-state index contributed by atoms with van der Waals surface area (Å²) in [6, 6.07) is 46.3. The second-order valence-corrected chi connectivity index (χ2v) is 22.2. The van der Waals surface area contributed by atoms with E-state index in [1.165, 1.54) is 44.6 Å². The van der Waals surface area contributed by atoms with Crippen LogP contribution in [-0.2, 0) is 26.5 Å². The molecule has 0 N–H and O–H groups in total. The molecule has 0 unspecified atom stereocenters. The van der Waals surface area contributed by atoms with Gasteiger partial charge in [-0.25, -0.2) is 0 Å². The standard InChI is InChI=1S/C36H29N2O.C18H24NSi.Ir/c1-21-17-24(4)35(25(5)18-21)38-31-12-7-6-11-30(31)37-36(38)27-14-16-32-29(19-27)28-15-13-26(20-33(28)39-32)34-22(2)9-8-10-23(34)3;1-14(2)11-16-12-17(15-9-7-6-8-10-15)19-13-18(16)20(3,4)5;/h6-13,15-20H,1-5H3;6-9,12-14H,11H2,1-5H3;/q2*-1;/i;11D2;. The van der Waals surface area contributed by atoms with Crippen LogP contribution in [0.3, 0.4) is 0 Å². The molecule has 0 spiro atoms. The molecule has 0 aliphatic rings. The molecule has 9 aromatic rings. The summed E-state index contributed by atoms with van der Waals surface area (Å²) < 4.78 is 25.7. The van der Waals surface area contributed by atoms with E-state index in [1.54, 1.807) is 0 Å². The van der Waals surface area contributed by atoms with E-state index in [2.05, 4.69) is 149 Å². The van der Waals surface area contributed by atoms with Gasteiger partial charge in [0.05, 0.1) is 30.5 Å². The summed E-state index contributed by atoms with van der Waals surface area (Å²) in [4.78, 5) is 9.70. The molecule has 1 radical (unpaired) electrons. The zero-order valence-corrected chi connectivity index (χ0v) is 39.6. The summed E-state index contributed by atoms with van der Waals surface area (Å²) in [5.74, 6) is 0.798. The molecule has 3 heterocycles. The molecule has 60 heavy (non-hydrogen) atoms. The van der Waals surface area contributed by atoms with Crippen LogP contribution in [0.15, 0.2) is 126 Å². The van der Waals surface area contributed by atoms with Crippen molar-refractivity contribution in [2.45, 2.75) is 74.5 Å². The normalized spacial score (nSPS) is 12.3. The van der Waals surface area contributed by atoms with Gasteiger partial charge >= 0.3 is 0 Å². The number of para-hydroxylation sites is 2. The Kier molecular flexibility index (Phi) is 11.5. The Morgan fingerprint density at radius 3 is 2.13 bits per heavy atom. The third-order valence-electron chi connectivity index (χ3n) is 11.0. The van der Waals surface area contributed by atoms with Crippen molar-refractivity contribution in [1.82, 2.24) is 14.5 Å². The maximum Gasteiger partial charge on any atom is 0.121 e. The van der Waals surface area contributed by atoms with E-state index >= 15 is 0 Å². The van der Waals surface area contributed by atoms with Gasteiger partial charge in [0.2, 0.25) is 0 Å². The molecule has 0 aliphatic heterocycles. The Labute approximate surface area is 372 Å². The number of hydrogen-bond acceptors (Lipinski definition) is 3. The number of aryl methyl sites for hydroxylation is 5. The molecule has 0 fully saturated rings. The van der Waals surface area contributed by atoms with E-state index in [1.807, 2.05) is 62.5 Å². The van der Waals surface area contributed by atoms with Crippen LogP contribution < -0.4 is 5.19 Å². The average molecular weight is 982 g/mol. The average Bonchev–Trinajstić information content (AvgIpc) is 3.78. The molecule has 0 aliphatic carbocycles. The first-order valence-electron chi connectivity index (χ1n) is 21.5. The zero-order valence-electron chi connectivity index (χ0n) is 38.2. The molecule has 4 nitrogen and oxygen atoms in total. The van der Waals surface area contributed by atoms with Crippen molar-refractivity contribution in [2.75, 3.05) is 0 Å². The fraction of sp³-hybridized carbons (Fsp3) is 0.222. The summed E-state index contributed by atoms with van der Waals surface area (Å²) in [7, 11) is -1.67. The molecule has 6 aromatic carbocycles. The van der Waals surface area contributed by atoms with E-state index in [4.69, 9.17) is 12.1 Å². The minimum Gasteiger partial charge on any atom is -0.500 e. The van der Waals surface area contributed by atoms with Crippen molar-refractivity contribution < 1.29 is 27.3 Å². The second kappa shape index (κ2) is 17.3. The first kappa shape index (κ1) is 40.0. The number of rotatable bonds is 7. The molecule has 0 bridgehead atoms. The van der Waals surface area contributed by atoms with Crippen LogP contribution >= 0.6 is 0 Å². The van der Waals surface area contributed by atoms with Gasteiger partial charge in [-0.1, -0.05) is 111 Å². The first-order chi connectivity index (χ1) is 29.0. The predicted molar refractivity (Wildman–Crippen MR) is 252 cm³/mol. The fourth-order valence-electron chi connectivity index (χ4n) is 8.42. The van der Waals surface area contributed by atoms with Crippen LogP contribution in [0.1, 0.15) is 50.0 Å². The number of pyridine rings is 1.